The standard InChI is InChI=1S/C20H32/c1-9-16-12-18(20(7,8)19(16,5)6)15(4)17-11-10-13(2)14(17)3/h10,12,15,18H,9,11H2,1-8H3. The largest absolute Gasteiger partial charge is 0.0805 e. The van der Waals surface area contributed by atoms with E-state index in [1.165, 1.54) is 18.4 Å². The molecule has 20 heavy (non-hydrogen) atoms. The van der Waals surface area contributed by atoms with E-state index in [9.17, 15) is 0 Å². The summed E-state index contributed by atoms with van der Waals surface area (Å²) in [5.41, 5.74) is 7.01. The third-order valence-electron chi connectivity index (χ3n) is 6.80. The van der Waals surface area contributed by atoms with Crippen LogP contribution in [0.15, 0.2) is 34.4 Å². The molecule has 2 aliphatic carbocycles. The molecule has 2 atom stereocenters. The van der Waals surface area contributed by atoms with E-state index < -0.39 is 0 Å². The van der Waals surface area contributed by atoms with Crippen molar-refractivity contribution in [3.8, 4) is 0 Å². The van der Waals surface area contributed by atoms with Crippen molar-refractivity contribution >= 4 is 0 Å². The SMILES string of the molecule is CCC1=CC(C(C)C2=C(C)C(C)=CC2)C(C)(C)C1(C)C. The molecule has 0 saturated carbocycles. The van der Waals surface area contributed by atoms with Gasteiger partial charge in [-0.05, 0) is 54.9 Å². The Labute approximate surface area is 126 Å². The Balaban J connectivity index is 2.37. The van der Waals surface area contributed by atoms with Crippen molar-refractivity contribution in [3.63, 3.8) is 0 Å². The summed E-state index contributed by atoms with van der Waals surface area (Å²) in [6.07, 6.45) is 7.37. The van der Waals surface area contributed by atoms with Gasteiger partial charge in [-0.1, -0.05) is 70.4 Å². The highest BCUT2D eigenvalue weighted by Gasteiger charge is 2.50. The highest BCUT2D eigenvalue weighted by molar-refractivity contribution is 5.42. The smallest absolute Gasteiger partial charge is 0.00877 e. The number of allylic oxidation sites excluding steroid dienone is 6. The van der Waals surface area contributed by atoms with Crippen molar-refractivity contribution in [1.29, 1.82) is 0 Å². The first-order chi connectivity index (χ1) is 9.14. The van der Waals surface area contributed by atoms with E-state index in [-0.39, 0.29) is 0 Å². The Hall–Kier alpha value is -0.780. The van der Waals surface area contributed by atoms with Crippen LogP contribution < -0.4 is 0 Å². The second kappa shape index (κ2) is 4.90. The van der Waals surface area contributed by atoms with E-state index in [0.29, 0.717) is 22.7 Å². The highest BCUT2D eigenvalue weighted by atomic mass is 14.5. The number of hydrogen-bond donors (Lipinski definition) is 0. The normalized spacial score (nSPS) is 29.5. The Morgan fingerprint density at radius 2 is 1.80 bits per heavy atom. The van der Waals surface area contributed by atoms with Crippen LogP contribution in [0.3, 0.4) is 0 Å². The van der Waals surface area contributed by atoms with E-state index in [4.69, 9.17) is 0 Å². The van der Waals surface area contributed by atoms with Gasteiger partial charge in [-0.15, -0.1) is 0 Å². The lowest BCUT2D eigenvalue weighted by Crippen LogP contribution is -2.37. The second-order valence-electron chi connectivity index (χ2n) is 7.95. The molecule has 0 heteroatoms. The van der Waals surface area contributed by atoms with Crippen LogP contribution in [-0.4, -0.2) is 0 Å². The molecular weight excluding hydrogens is 240 g/mol. The van der Waals surface area contributed by atoms with E-state index >= 15 is 0 Å². The van der Waals surface area contributed by atoms with Gasteiger partial charge in [0.25, 0.3) is 0 Å². The quantitative estimate of drug-likeness (QED) is 0.528. The molecule has 0 radical (unpaired) electrons. The maximum Gasteiger partial charge on any atom is -0.00877 e. The fraction of sp³-hybridized carbons (Fsp3) is 0.700. The lowest BCUT2D eigenvalue weighted by molar-refractivity contribution is 0.0977. The van der Waals surface area contributed by atoms with Gasteiger partial charge in [0.1, 0.15) is 0 Å². The van der Waals surface area contributed by atoms with Gasteiger partial charge in [-0.3, -0.25) is 0 Å². The van der Waals surface area contributed by atoms with Crippen LogP contribution in [0.5, 0.6) is 0 Å². The maximum absolute atomic E-state index is 2.61. The fourth-order valence-electron chi connectivity index (χ4n) is 4.36. The van der Waals surface area contributed by atoms with Crippen molar-refractivity contribution in [2.45, 2.75) is 68.2 Å². The zero-order chi connectivity index (χ0) is 15.3. The molecule has 0 heterocycles. The van der Waals surface area contributed by atoms with Crippen LogP contribution >= 0.6 is 0 Å². The zero-order valence-electron chi connectivity index (χ0n) is 14.7. The Morgan fingerprint density at radius 3 is 2.20 bits per heavy atom. The molecule has 0 fully saturated rings. The van der Waals surface area contributed by atoms with Crippen molar-refractivity contribution in [1.82, 2.24) is 0 Å². The van der Waals surface area contributed by atoms with E-state index in [1.807, 2.05) is 0 Å². The van der Waals surface area contributed by atoms with Gasteiger partial charge >= 0.3 is 0 Å². The van der Waals surface area contributed by atoms with Crippen LogP contribution in [-0.2, 0) is 0 Å². The summed E-state index contributed by atoms with van der Waals surface area (Å²) in [6, 6.07) is 0. The van der Waals surface area contributed by atoms with E-state index in [1.54, 1.807) is 16.7 Å². The molecule has 0 bridgehead atoms. The minimum Gasteiger partial charge on any atom is -0.0805 e. The maximum atomic E-state index is 2.61. The summed E-state index contributed by atoms with van der Waals surface area (Å²) in [5, 5.41) is 0. The van der Waals surface area contributed by atoms with Crippen LogP contribution in [0.4, 0.5) is 0 Å². The molecule has 2 unspecified atom stereocenters. The number of rotatable bonds is 3. The molecule has 0 aromatic heterocycles. The second-order valence-corrected chi connectivity index (χ2v) is 7.95. The lowest BCUT2D eigenvalue weighted by atomic mass is 9.60. The first kappa shape index (κ1) is 15.6. The van der Waals surface area contributed by atoms with Crippen LogP contribution in [0.2, 0.25) is 0 Å². The molecule has 0 aromatic carbocycles. The summed E-state index contributed by atoms with van der Waals surface area (Å²) < 4.78 is 0. The third-order valence-corrected chi connectivity index (χ3v) is 6.80. The van der Waals surface area contributed by atoms with Gasteiger partial charge in [0.15, 0.2) is 0 Å². The molecular formula is C20H32. The summed E-state index contributed by atoms with van der Waals surface area (Å²) in [4.78, 5) is 0. The van der Waals surface area contributed by atoms with Gasteiger partial charge in [0, 0.05) is 0 Å². The molecule has 112 valence electrons. The fourth-order valence-corrected chi connectivity index (χ4v) is 4.36. The third kappa shape index (κ3) is 2.03. The highest BCUT2D eigenvalue weighted by Crippen LogP contribution is 2.59. The molecule has 0 aliphatic heterocycles. The van der Waals surface area contributed by atoms with Crippen molar-refractivity contribution in [2.75, 3.05) is 0 Å². The van der Waals surface area contributed by atoms with Gasteiger partial charge < -0.3 is 0 Å². The molecule has 0 saturated heterocycles. The van der Waals surface area contributed by atoms with Crippen molar-refractivity contribution in [3.05, 3.63) is 34.4 Å². The van der Waals surface area contributed by atoms with Gasteiger partial charge in [-0.2, -0.15) is 0 Å². The van der Waals surface area contributed by atoms with Crippen molar-refractivity contribution in [2.24, 2.45) is 22.7 Å². The predicted octanol–water partition coefficient (Wildman–Crippen LogP) is 6.31. The predicted molar refractivity (Wildman–Crippen MR) is 89.7 cm³/mol. The summed E-state index contributed by atoms with van der Waals surface area (Å²) in [7, 11) is 0. The van der Waals surface area contributed by atoms with E-state index in [2.05, 4.69) is 67.5 Å². The minimum absolute atomic E-state index is 0.316. The summed E-state index contributed by atoms with van der Waals surface area (Å²) in [6.45, 7) is 19.1. The molecule has 2 aliphatic rings. The molecule has 0 aromatic rings. The van der Waals surface area contributed by atoms with E-state index in [0.717, 1.165) is 0 Å². The Morgan fingerprint density at radius 1 is 1.20 bits per heavy atom. The summed E-state index contributed by atoms with van der Waals surface area (Å²) in [5.74, 6) is 1.32. The first-order valence-electron chi connectivity index (χ1n) is 8.22. The Kier molecular flexibility index (Phi) is 3.82. The molecule has 0 spiro atoms. The summed E-state index contributed by atoms with van der Waals surface area (Å²) >= 11 is 0. The minimum atomic E-state index is 0.316. The van der Waals surface area contributed by atoms with Crippen LogP contribution in [0, 0.1) is 22.7 Å². The molecule has 0 nitrogen and oxygen atoms in total. The van der Waals surface area contributed by atoms with Crippen LogP contribution in [0.1, 0.15) is 68.2 Å². The van der Waals surface area contributed by atoms with Gasteiger partial charge in [0.2, 0.25) is 0 Å². The average Bonchev–Trinajstić information content (AvgIpc) is 2.77. The zero-order valence-corrected chi connectivity index (χ0v) is 14.7. The topological polar surface area (TPSA) is 0 Å². The van der Waals surface area contributed by atoms with Gasteiger partial charge in [0.05, 0.1) is 0 Å². The lowest BCUT2D eigenvalue weighted by Gasteiger charge is -2.44. The number of hydrogen-bond acceptors (Lipinski definition) is 0. The average molecular weight is 272 g/mol. The van der Waals surface area contributed by atoms with Gasteiger partial charge in [-0.25, -0.2) is 0 Å². The molecule has 0 amide bonds. The van der Waals surface area contributed by atoms with Crippen molar-refractivity contribution < 1.29 is 0 Å². The first-order valence-corrected chi connectivity index (χ1v) is 8.22. The van der Waals surface area contributed by atoms with Crippen LogP contribution in [0.25, 0.3) is 0 Å². The molecule has 0 N–H and O–H groups in total. The Bertz CT molecular complexity index is 494. The molecule has 2 rings (SSSR count). The monoisotopic (exact) mass is 272 g/mol.